The molecular formula is C22H16N3O4S2-. The van der Waals surface area contributed by atoms with Crippen molar-refractivity contribution in [3.63, 3.8) is 0 Å². The van der Waals surface area contributed by atoms with Crippen LogP contribution in [0.1, 0.15) is 5.56 Å². The minimum atomic E-state index is -2.40. The maximum absolute atomic E-state index is 13.2. The van der Waals surface area contributed by atoms with Crippen molar-refractivity contribution < 1.29 is 18.7 Å². The molecule has 7 nitrogen and oxygen atoms in total. The maximum Gasteiger partial charge on any atom is 0.271 e. The first-order chi connectivity index (χ1) is 15.0. The zero-order valence-electron chi connectivity index (χ0n) is 16.0. The Bertz CT molecular complexity index is 1180. The summed E-state index contributed by atoms with van der Waals surface area (Å²) in [7, 11) is 0. The average Bonchev–Trinajstić information content (AvgIpc) is 3.06. The van der Waals surface area contributed by atoms with Crippen molar-refractivity contribution in [2.24, 2.45) is 4.99 Å². The molecule has 0 aliphatic carbocycles. The van der Waals surface area contributed by atoms with Crippen LogP contribution in [0.4, 0.5) is 17.1 Å². The summed E-state index contributed by atoms with van der Waals surface area (Å²) < 4.78 is 23.8. The molecule has 1 unspecified atom stereocenters. The highest BCUT2D eigenvalue weighted by Crippen LogP contribution is 2.37. The predicted octanol–water partition coefficient (Wildman–Crippen LogP) is 4.41. The van der Waals surface area contributed by atoms with E-state index in [1.54, 1.807) is 54.6 Å². The van der Waals surface area contributed by atoms with Gasteiger partial charge >= 0.3 is 0 Å². The third-order valence-corrected chi connectivity index (χ3v) is 5.68. The van der Waals surface area contributed by atoms with Gasteiger partial charge < -0.3 is 14.4 Å². The number of carbonyl (C=O) groups excluding carboxylic acids is 1. The summed E-state index contributed by atoms with van der Waals surface area (Å²) in [4.78, 5) is 19.8. The van der Waals surface area contributed by atoms with Gasteiger partial charge in [-0.1, -0.05) is 30.3 Å². The second-order valence-corrected chi connectivity index (χ2v) is 8.14. The molecule has 9 heteroatoms. The van der Waals surface area contributed by atoms with Gasteiger partial charge in [0.15, 0.2) is 5.17 Å². The fourth-order valence-electron chi connectivity index (χ4n) is 2.89. The number of phenolic OH excluding ortho intramolecular Hbond substituents is 1. The average molecular weight is 451 g/mol. The van der Waals surface area contributed by atoms with Crippen molar-refractivity contribution in [1.29, 1.82) is 0 Å². The molecule has 0 bridgehead atoms. The molecule has 31 heavy (non-hydrogen) atoms. The van der Waals surface area contributed by atoms with Gasteiger partial charge in [-0.25, -0.2) is 4.99 Å². The Morgan fingerprint density at radius 2 is 1.68 bits per heavy atom. The minimum absolute atomic E-state index is 0.152. The lowest BCUT2D eigenvalue weighted by Gasteiger charge is -2.15. The van der Waals surface area contributed by atoms with E-state index in [0.29, 0.717) is 27.1 Å². The van der Waals surface area contributed by atoms with E-state index in [-0.39, 0.29) is 11.7 Å². The van der Waals surface area contributed by atoms with Crippen LogP contribution in [0.15, 0.2) is 88.8 Å². The fraction of sp³-hybridized carbons (Fsp3) is 0. The van der Waals surface area contributed by atoms with Gasteiger partial charge in [-0.2, -0.15) is 0 Å². The van der Waals surface area contributed by atoms with Crippen LogP contribution in [0, 0.1) is 0 Å². The van der Waals surface area contributed by atoms with Gasteiger partial charge in [-0.3, -0.25) is 13.9 Å². The number of hydrogen-bond acceptors (Lipinski definition) is 6. The lowest BCUT2D eigenvalue weighted by atomic mass is 10.2. The number of para-hydroxylation sites is 1. The summed E-state index contributed by atoms with van der Waals surface area (Å²) in [6.07, 6.45) is 1.75. The highest BCUT2D eigenvalue weighted by molar-refractivity contribution is 8.19. The number of phenols is 1. The Labute approximate surface area is 185 Å². The lowest BCUT2D eigenvalue weighted by molar-refractivity contribution is -0.113. The van der Waals surface area contributed by atoms with Crippen molar-refractivity contribution in [2.75, 3.05) is 9.62 Å². The van der Waals surface area contributed by atoms with Crippen LogP contribution in [0.2, 0.25) is 0 Å². The maximum atomic E-state index is 13.2. The van der Waals surface area contributed by atoms with E-state index in [0.717, 1.165) is 5.56 Å². The van der Waals surface area contributed by atoms with E-state index in [1.165, 1.54) is 16.7 Å². The third-order valence-electron chi connectivity index (χ3n) is 4.30. The SMILES string of the molecule is O=C1/C(=C/c2ccc(O)cc2)SC(=Nc2ccc(NS(=O)[O-])cc2)N1c1ccccc1. The number of nitrogens with one attached hydrogen (secondary N) is 1. The molecule has 4 rings (SSSR count). The quantitative estimate of drug-likeness (QED) is 0.443. The van der Waals surface area contributed by atoms with E-state index < -0.39 is 11.3 Å². The van der Waals surface area contributed by atoms with Crippen molar-refractivity contribution in [1.82, 2.24) is 0 Å². The van der Waals surface area contributed by atoms with E-state index in [2.05, 4.69) is 9.71 Å². The largest absolute Gasteiger partial charge is 0.755 e. The van der Waals surface area contributed by atoms with Crippen LogP contribution in [-0.2, 0) is 16.1 Å². The lowest BCUT2D eigenvalue weighted by Crippen LogP contribution is -2.28. The summed E-state index contributed by atoms with van der Waals surface area (Å²) in [6, 6.07) is 22.3. The number of benzene rings is 3. The summed E-state index contributed by atoms with van der Waals surface area (Å²) in [5, 5.41) is 9.96. The molecule has 156 valence electrons. The molecule has 1 amide bonds. The third kappa shape index (κ3) is 5.02. The molecule has 3 aromatic carbocycles. The summed E-state index contributed by atoms with van der Waals surface area (Å²) >= 11 is -1.16. The summed E-state index contributed by atoms with van der Waals surface area (Å²) in [5.41, 5.74) is 2.46. The van der Waals surface area contributed by atoms with Crippen molar-refractivity contribution >= 4 is 57.2 Å². The van der Waals surface area contributed by atoms with Crippen LogP contribution in [-0.4, -0.2) is 24.9 Å². The number of aliphatic imine (C=N–C) groups is 1. The number of thioether (sulfide) groups is 1. The molecule has 1 saturated heterocycles. The molecule has 1 atom stereocenters. The molecule has 1 heterocycles. The van der Waals surface area contributed by atoms with Gasteiger partial charge in [-0.15, -0.1) is 0 Å². The zero-order valence-corrected chi connectivity index (χ0v) is 17.6. The molecule has 0 aromatic heterocycles. The molecule has 0 saturated carbocycles. The highest BCUT2D eigenvalue weighted by atomic mass is 32.2. The van der Waals surface area contributed by atoms with E-state index in [9.17, 15) is 18.7 Å². The molecule has 3 aromatic rings. The monoisotopic (exact) mass is 450 g/mol. The van der Waals surface area contributed by atoms with Gasteiger partial charge in [0, 0.05) is 17.0 Å². The molecule has 1 aliphatic rings. The first-order valence-corrected chi connectivity index (χ1v) is 11.0. The number of amidine groups is 1. The Hall–Kier alpha value is -3.40. The number of carbonyl (C=O) groups is 1. The van der Waals surface area contributed by atoms with Crippen LogP contribution in [0.3, 0.4) is 0 Å². The number of anilines is 2. The van der Waals surface area contributed by atoms with Crippen LogP contribution in [0.25, 0.3) is 6.08 Å². The van der Waals surface area contributed by atoms with E-state index in [1.807, 2.05) is 30.3 Å². The summed E-state index contributed by atoms with van der Waals surface area (Å²) in [6.45, 7) is 0. The first-order valence-electron chi connectivity index (χ1n) is 9.12. The molecule has 2 N–H and O–H groups in total. The number of hydrogen-bond donors (Lipinski definition) is 2. The number of amides is 1. The summed E-state index contributed by atoms with van der Waals surface area (Å²) in [5.74, 6) is -0.0532. The Morgan fingerprint density at radius 1 is 1.00 bits per heavy atom. The van der Waals surface area contributed by atoms with Gasteiger partial charge in [0.05, 0.1) is 16.3 Å². The molecular weight excluding hydrogens is 434 g/mol. The molecule has 1 fully saturated rings. The molecule has 1 aliphatic heterocycles. The standard InChI is InChI=1S/C22H17N3O4S2/c26-19-12-6-15(7-13-19)14-20-21(27)25(18-4-2-1-3-5-18)22(30-20)23-16-8-10-17(11-9-16)24-31(28)29/h1-14,24,26H,(H,28,29)/p-1/b20-14-,23-22?. The van der Waals surface area contributed by atoms with Crippen molar-refractivity contribution in [3.05, 3.63) is 89.3 Å². The van der Waals surface area contributed by atoms with Crippen LogP contribution >= 0.6 is 11.8 Å². The topological polar surface area (TPSA) is 105 Å². The minimum Gasteiger partial charge on any atom is -0.755 e. The Kier molecular flexibility index (Phi) is 6.17. The first kappa shape index (κ1) is 20.9. The number of aromatic hydroxyl groups is 1. The van der Waals surface area contributed by atoms with E-state index in [4.69, 9.17) is 0 Å². The predicted molar refractivity (Wildman–Crippen MR) is 124 cm³/mol. The normalized spacial score (nSPS) is 17.3. The fourth-order valence-corrected chi connectivity index (χ4v) is 4.22. The smallest absolute Gasteiger partial charge is 0.271 e. The number of rotatable bonds is 5. The second-order valence-electron chi connectivity index (χ2n) is 6.46. The Morgan fingerprint density at radius 3 is 2.32 bits per heavy atom. The Balaban J connectivity index is 1.70. The number of nitrogens with zero attached hydrogens (tertiary/aromatic N) is 2. The molecule has 0 spiro atoms. The van der Waals surface area contributed by atoms with Gasteiger partial charge in [-0.05, 0) is 71.9 Å². The van der Waals surface area contributed by atoms with Gasteiger partial charge in [0.1, 0.15) is 5.75 Å². The van der Waals surface area contributed by atoms with E-state index >= 15 is 0 Å². The molecule has 0 radical (unpaired) electrons. The van der Waals surface area contributed by atoms with Crippen molar-refractivity contribution in [3.8, 4) is 5.75 Å². The highest BCUT2D eigenvalue weighted by Gasteiger charge is 2.34. The van der Waals surface area contributed by atoms with Gasteiger partial charge in [0.2, 0.25) is 0 Å². The van der Waals surface area contributed by atoms with Crippen LogP contribution in [0.5, 0.6) is 5.75 Å². The van der Waals surface area contributed by atoms with Crippen molar-refractivity contribution in [2.45, 2.75) is 0 Å². The van der Waals surface area contributed by atoms with Crippen LogP contribution < -0.4 is 9.62 Å². The second kappa shape index (κ2) is 9.17. The zero-order chi connectivity index (χ0) is 21.8. The van der Waals surface area contributed by atoms with Gasteiger partial charge in [0.25, 0.3) is 5.91 Å².